The van der Waals surface area contributed by atoms with Gasteiger partial charge >= 0.3 is 0 Å². The van der Waals surface area contributed by atoms with Crippen LogP contribution >= 0.6 is 11.8 Å². The van der Waals surface area contributed by atoms with Crippen molar-refractivity contribution in [2.24, 2.45) is 0 Å². The van der Waals surface area contributed by atoms with Crippen LogP contribution in [-0.2, 0) is 0 Å². The molecule has 0 fully saturated rings. The lowest BCUT2D eigenvalue weighted by atomic mass is 10.1. The Kier molecular flexibility index (Phi) is 3.15. The molecule has 2 aromatic carbocycles. The Hall–Kier alpha value is -1.61. The zero-order valence-corrected chi connectivity index (χ0v) is 11.0. The van der Waals surface area contributed by atoms with Gasteiger partial charge in [0.15, 0.2) is 0 Å². The van der Waals surface area contributed by atoms with Crippen LogP contribution in [0.2, 0.25) is 0 Å². The average Bonchev–Trinajstić information content (AvgIpc) is 2.47. The second kappa shape index (κ2) is 4.94. The van der Waals surface area contributed by atoms with Gasteiger partial charge in [0.25, 0.3) is 0 Å². The number of ether oxygens (including phenoxy) is 1. The van der Waals surface area contributed by atoms with Gasteiger partial charge in [-0.2, -0.15) is 0 Å². The first-order valence-electron chi connectivity index (χ1n) is 6.00. The van der Waals surface area contributed by atoms with Crippen LogP contribution in [0, 0.1) is 0 Å². The molecule has 1 N–H and O–H groups in total. The summed E-state index contributed by atoms with van der Waals surface area (Å²) < 4.78 is 5.19. The Morgan fingerprint density at radius 1 is 1.11 bits per heavy atom. The topological polar surface area (TPSA) is 21.3 Å². The van der Waals surface area contributed by atoms with Crippen LogP contribution in [-0.4, -0.2) is 13.7 Å². The summed E-state index contributed by atoms with van der Waals surface area (Å²) in [6.07, 6.45) is 0. The molecule has 0 aliphatic carbocycles. The minimum absolute atomic E-state index is 0.464. The zero-order valence-electron chi connectivity index (χ0n) is 10.2. The number of rotatable bonds is 2. The third-order valence-electron chi connectivity index (χ3n) is 3.12. The molecule has 1 aliphatic rings. The summed E-state index contributed by atoms with van der Waals surface area (Å²) in [4.78, 5) is 1.32. The predicted octanol–water partition coefficient (Wildman–Crippen LogP) is 3.95. The lowest BCUT2D eigenvalue weighted by Crippen LogP contribution is -2.14. The Morgan fingerprint density at radius 2 is 1.89 bits per heavy atom. The van der Waals surface area contributed by atoms with Crippen molar-refractivity contribution in [3.05, 3.63) is 54.1 Å². The monoisotopic (exact) mass is 257 g/mol. The van der Waals surface area contributed by atoms with E-state index in [1.54, 1.807) is 7.11 Å². The minimum Gasteiger partial charge on any atom is -0.497 e. The van der Waals surface area contributed by atoms with Crippen LogP contribution in [0.15, 0.2) is 53.4 Å². The van der Waals surface area contributed by atoms with E-state index in [2.05, 4.69) is 41.7 Å². The van der Waals surface area contributed by atoms with Crippen molar-refractivity contribution < 1.29 is 4.74 Å². The SMILES string of the molecule is COc1ccc(C2CNc3ccccc3S2)cc1. The Labute approximate surface area is 111 Å². The van der Waals surface area contributed by atoms with Crippen molar-refractivity contribution in [2.75, 3.05) is 19.0 Å². The quantitative estimate of drug-likeness (QED) is 0.880. The highest BCUT2D eigenvalue weighted by atomic mass is 32.2. The van der Waals surface area contributed by atoms with Gasteiger partial charge in [0.2, 0.25) is 0 Å². The van der Waals surface area contributed by atoms with Crippen LogP contribution in [0.5, 0.6) is 5.75 Å². The van der Waals surface area contributed by atoms with Gasteiger partial charge in [0.05, 0.1) is 12.4 Å². The molecule has 0 radical (unpaired) electrons. The fraction of sp³-hybridized carbons (Fsp3) is 0.200. The second-order valence-corrected chi connectivity index (χ2v) is 5.50. The molecule has 0 bridgehead atoms. The van der Waals surface area contributed by atoms with Crippen LogP contribution in [0.25, 0.3) is 0 Å². The number of hydrogen-bond donors (Lipinski definition) is 1. The van der Waals surface area contributed by atoms with Gasteiger partial charge in [-0.1, -0.05) is 24.3 Å². The van der Waals surface area contributed by atoms with E-state index >= 15 is 0 Å². The fourth-order valence-corrected chi connectivity index (χ4v) is 3.31. The van der Waals surface area contributed by atoms with Crippen molar-refractivity contribution in [3.8, 4) is 5.75 Å². The van der Waals surface area contributed by atoms with E-state index < -0.39 is 0 Å². The van der Waals surface area contributed by atoms with Crippen LogP contribution < -0.4 is 10.1 Å². The number of para-hydroxylation sites is 1. The van der Waals surface area contributed by atoms with Crippen LogP contribution in [0.3, 0.4) is 0 Å². The van der Waals surface area contributed by atoms with Crippen molar-refractivity contribution in [1.29, 1.82) is 0 Å². The molecule has 1 heterocycles. The molecule has 0 amide bonds. The van der Waals surface area contributed by atoms with E-state index in [0.717, 1.165) is 12.3 Å². The number of hydrogen-bond acceptors (Lipinski definition) is 3. The highest BCUT2D eigenvalue weighted by Crippen LogP contribution is 2.42. The molecule has 1 atom stereocenters. The van der Waals surface area contributed by atoms with Gasteiger partial charge in [-0.05, 0) is 29.8 Å². The maximum absolute atomic E-state index is 5.19. The number of anilines is 1. The first kappa shape index (κ1) is 11.5. The van der Waals surface area contributed by atoms with E-state index in [9.17, 15) is 0 Å². The Balaban J connectivity index is 1.82. The summed E-state index contributed by atoms with van der Waals surface area (Å²) in [5.74, 6) is 0.910. The smallest absolute Gasteiger partial charge is 0.118 e. The highest BCUT2D eigenvalue weighted by Gasteiger charge is 2.19. The van der Waals surface area contributed by atoms with Gasteiger partial charge in [-0.25, -0.2) is 0 Å². The predicted molar refractivity (Wildman–Crippen MR) is 76.5 cm³/mol. The molecule has 0 aromatic heterocycles. The minimum atomic E-state index is 0.464. The van der Waals surface area contributed by atoms with Gasteiger partial charge in [0, 0.05) is 17.1 Å². The number of methoxy groups -OCH3 is 1. The molecular weight excluding hydrogens is 242 g/mol. The summed E-state index contributed by atoms with van der Waals surface area (Å²) in [7, 11) is 1.70. The first-order chi connectivity index (χ1) is 8.86. The summed E-state index contributed by atoms with van der Waals surface area (Å²) in [5.41, 5.74) is 2.58. The molecule has 0 saturated carbocycles. The molecule has 3 rings (SSSR count). The zero-order chi connectivity index (χ0) is 12.4. The molecule has 18 heavy (non-hydrogen) atoms. The summed E-state index contributed by atoms with van der Waals surface area (Å²) in [6.45, 7) is 0.966. The van der Waals surface area contributed by atoms with E-state index in [1.807, 2.05) is 23.9 Å². The molecule has 2 aromatic rings. The lowest BCUT2D eigenvalue weighted by Gasteiger charge is -2.25. The molecule has 1 aliphatic heterocycles. The van der Waals surface area contributed by atoms with Gasteiger partial charge in [-0.3, -0.25) is 0 Å². The van der Waals surface area contributed by atoms with E-state index in [1.165, 1.54) is 16.1 Å². The normalized spacial score (nSPS) is 17.7. The fourth-order valence-electron chi connectivity index (χ4n) is 2.12. The Bertz CT molecular complexity index is 538. The third-order valence-corrected chi connectivity index (χ3v) is 4.46. The molecule has 0 spiro atoms. The van der Waals surface area contributed by atoms with Crippen molar-refractivity contribution in [2.45, 2.75) is 10.1 Å². The maximum atomic E-state index is 5.19. The summed E-state index contributed by atoms with van der Waals surface area (Å²) in [5, 5.41) is 3.95. The number of nitrogens with one attached hydrogen (secondary N) is 1. The Morgan fingerprint density at radius 3 is 2.67 bits per heavy atom. The standard InChI is InChI=1S/C15H15NOS/c1-17-12-8-6-11(7-9-12)15-10-16-13-4-2-3-5-14(13)18-15/h2-9,15-16H,10H2,1H3. The van der Waals surface area contributed by atoms with Crippen LogP contribution in [0.4, 0.5) is 5.69 Å². The molecule has 0 saturated heterocycles. The van der Waals surface area contributed by atoms with E-state index in [-0.39, 0.29) is 0 Å². The van der Waals surface area contributed by atoms with Gasteiger partial charge < -0.3 is 10.1 Å². The lowest BCUT2D eigenvalue weighted by molar-refractivity contribution is 0.414. The first-order valence-corrected chi connectivity index (χ1v) is 6.88. The molecule has 92 valence electrons. The number of thioether (sulfide) groups is 1. The summed E-state index contributed by atoms with van der Waals surface area (Å²) >= 11 is 1.92. The van der Waals surface area contributed by atoms with E-state index in [0.29, 0.717) is 5.25 Å². The van der Waals surface area contributed by atoms with Gasteiger partial charge in [0.1, 0.15) is 5.75 Å². The largest absolute Gasteiger partial charge is 0.497 e. The molecule has 1 unspecified atom stereocenters. The average molecular weight is 257 g/mol. The van der Waals surface area contributed by atoms with Crippen molar-refractivity contribution in [3.63, 3.8) is 0 Å². The van der Waals surface area contributed by atoms with Gasteiger partial charge in [-0.15, -0.1) is 11.8 Å². The van der Waals surface area contributed by atoms with Crippen molar-refractivity contribution >= 4 is 17.4 Å². The third kappa shape index (κ3) is 2.18. The molecule has 2 nitrogen and oxygen atoms in total. The van der Waals surface area contributed by atoms with E-state index in [4.69, 9.17) is 4.74 Å². The van der Waals surface area contributed by atoms with Crippen LogP contribution in [0.1, 0.15) is 10.8 Å². The number of benzene rings is 2. The molecular formula is C15H15NOS. The number of fused-ring (bicyclic) bond motifs is 1. The highest BCUT2D eigenvalue weighted by molar-refractivity contribution is 7.99. The molecule has 3 heteroatoms. The maximum Gasteiger partial charge on any atom is 0.118 e. The summed E-state index contributed by atoms with van der Waals surface area (Å²) in [6, 6.07) is 16.8. The van der Waals surface area contributed by atoms with Crippen molar-refractivity contribution in [1.82, 2.24) is 0 Å². The second-order valence-electron chi connectivity index (χ2n) is 4.26.